The van der Waals surface area contributed by atoms with Crippen LogP contribution in [-0.2, 0) is 4.79 Å². The number of nitrogens with one attached hydrogen (secondary N) is 1. The van der Waals surface area contributed by atoms with Gasteiger partial charge in [-0.1, -0.05) is 11.8 Å². The van der Waals surface area contributed by atoms with Crippen LogP contribution in [0.2, 0.25) is 0 Å². The van der Waals surface area contributed by atoms with Gasteiger partial charge >= 0.3 is 0 Å². The van der Waals surface area contributed by atoms with Crippen LogP contribution >= 0.6 is 11.5 Å². The van der Waals surface area contributed by atoms with Crippen LogP contribution in [0.1, 0.15) is 17.8 Å². The van der Waals surface area contributed by atoms with Crippen molar-refractivity contribution in [3.63, 3.8) is 0 Å². The quantitative estimate of drug-likeness (QED) is 0.755. The largest absolute Gasteiger partial charge is 0.369 e. The van der Waals surface area contributed by atoms with Crippen LogP contribution in [0.3, 0.4) is 0 Å². The van der Waals surface area contributed by atoms with Crippen molar-refractivity contribution in [1.82, 2.24) is 14.7 Å². The van der Waals surface area contributed by atoms with Crippen LogP contribution in [0, 0.1) is 29.0 Å². The molecule has 0 bridgehead atoms. The Morgan fingerprint density at radius 3 is 2.96 bits per heavy atom. The number of halogens is 1. The van der Waals surface area contributed by atoms with E-state index in [0.29, 0.717) is 12.1 Å². The lowest BCUT2D eigenvalue weighted by Gasteiger charge is -2.09. The van der Waals surface area contributed by atoms with Crippen LogP contribution in [0.4, 0.5) is 4.39 Å². The Morgan fingerprint density at radius 2 is 2.30 bits per heavy atom. The Kier molecular flexibility index (Phi) is 3.78. The summed E-state index contributed by atoms with van der Waals surface area (Å²) >= 11 is 0.908. The van der Waals surface area contributed by atoms with E-state index in [-0.39, 0.29) is 22.8 Å². The lowest BCUT2D eigenvalue weighted by molar-refractivity contribution is -0.130. The molecule has 6 nitrogen and oxygen atoms in total. The zero-order valence-corrected chi connectivity index (χ0v) is 12.4. The van der Waals surface area contributed by atoms with Crippen LogP contribution in [-0.4, -0.2) is 32.5 Å². The molecular weight excluding hydrogens is 319 g/mol. The second kappa shape index (κ2) is 5.76. The smallest absolute Gasteiger partial charge is 0.264 e. The Balaban J connectivity index is 1.96. The molecule has 0 aliphatic carbocycles. The minimum atomic E-state index is -1.72. The summed E-state index contributed by atoms with van der Waals surface area (Å²) in [6.45, 7) is 0.362. The van der Waals surface area contributed by atoms with E-state index in [9.17, 15) is 14.3 Å². The second-order valence-electron chi connectivity index (χ2n) is 4.85. The maximum absolute atomic E-state index is 13.9. The summed E-state index contributed by atoms with van der Waals surface area (Å²) in [6.07, 6.45) is 0.203. The number of amides is 1. The molecular formula is C15H9FN4O2S. The minimum Gasteiger partial charge on any atom is -0.369 e. The van der Waals surface area contributed by atoms with Crippen LogP contribution in [0.25, 0.3) is 10.6 Å². The van der Waals surface area contributed by atoms with Gasteiger partial charge in [0.2, 0.25) is 11.4 Å². The topological polar surface area (TPSA) is 98.9 Å². The first-order chi connectivity index (χ1) is 11.0. The first-order valence-electron chi connectivity index (χ1n) is 6.59. The van der Waals surface area contributed by atoms with Gasteiger partial charge in [0.25, 0.3) is 5.91 Å². The third-order valence-corrected chi connectivity index (χ3v) is 4.03. The Labute approximate surface area is 134 Å². The van der Waals surface area contributed by atoms with Gasteiger partial charge in [-0.25, -0.2) is 9.37 Å². The number of hydrogen-bond donors (Lipinski definition) is 2. The average molecular weight is 328 g/mol. The molecule has 1 aromatic heterocycles. The summed E-state index contributed by atoms with van der Waals surface area (Å²) in [7, 11) is 0. The number of aromatic nitrogens is 2. The van der Waals surface area contributed by atoms with Gasteiger partial charge in [0.1, 0.15) is 16.9 Å². The number of nitriles is 1. The molecule has 1 aromatic carbocycles. The summed E-state index contributed by atoms with van der Waals surface area (Å²) in [5, 5.41) is 21.6. The fourth-order valence-corrected chi connectivity index (χ4v) is 2.69. The number of carbonyl (C=O) groups is 1. The summed E-state index contributed by atoms with van der Waals surface area (Å²) in [4.78, 5) is 15.4. The predicted molar refractivity (Wildman–Crippen MR) is 79.5 cm³/mol. The van der Waals surface area contributed by atoms with Gasteiger partial charge in [-0.2, -0.15) is 9.64 Å². The van der Waals surface area contributed by atoms with Gasteiger partial charge in [0.05, 0.1) is 0 Å². The molecule has 0 spiro atoms. The summed E-state index contributed by atoms with van der Waals surface area (Å²) < 4.78 is 17.7. The third-order valence-electron chi connectivity index (χ3n) is 3.28. The molecule has 0 unspecified atom stereocenters. The van der Waals surface area contributed by atoms with Gasteiger partial charge in [-0.3, -0.25) is 4.79 Å². The number of rotatable bonds is 1. The summed E-state index contributed by atoms with van der Waals surface area (Å²) in [5.74, 6) is 4.12. The summed E-state index contributed by atoms with van der Waals surface area (Å²) in [5.41, 5.74) is -1.13. The van der Waals surface area contributed by atoms with E-state index in [0.717, 1.165) is 11.5 Å². The van der Waals surface area contributed by atoms with E-state index in [1.54, 1.807) is 6.07 Å². The number of nitrogens with zero attached hydrogens (tertiary/aromatic N) is 3. The zero-order valence-electron chi connectivity index (χ0n) is 11.6. The van der Waals surface area contributed by atoms with Crippen molar-refractivity contribution in [2.24, 2.45) is 0 Å². The molecule has 2 aromatic rings. The molecule has 1 atom stereocenters. The highest BCUT2D eigenvalue weighted by Gasteiger charge is 2.38. The van der Waals surface area contributed by atoms with E-state index in [4.69, 9.17) is 5.26 Å². The van der Waals surface area contributed by atoms with E-state index in [2.05, 4.69) is 26.5 Å². The average Bonchev–Trinajstić information content (AvgIpc) is 3.14. The van der Waals surface area contributed by atoms with Crippen molar-refractivity contribution in [3.8, 4) is 28.5 Å². The number of carbonyl (C=O) groups excluding carboxylic acids is 1. The van der Waals surface area contributed by atoms with E-state index >= 15 is 0 Å². The fourth-order valence-electron chi connectivity index (χ4n) is 2.06. The molecule has 114 valence electrons. The van der Waals surface area contributed by atoms with Crippen LogP contribution < -0.4 is 5.32 Å². The van der Waals surface area contributed by atoms with Gasteiger partial charge in [0, 0.05) is 24.1 Å². The zero-order chi connectivity index (χ0) is 16.4. The van der Waals surface area contributed by atoms with Gasteiger partial charge < -0.3 is 10.4 Å². The maximum atomic E-state index is 13.9. The molecule has 0 radical (unpaired) electrons. The van der Waals surface area contributed by atoms with Crippen LogP contribution in [0.15, 0.2) is 18.2 Å². The molecule has 0 saturated carbocycles. The minimum absolute atomic E-state index is 0.0298. The number of aliphatic hydroxyl groups is 1. The molecule has 1 aliphatic heterocycles. The Hall–Kier alpha value is -2.81. The summed E-state index contributed by atoms with van der Waals surface area (Å²) in [6, 6.07) is 5.88. The molecule has 23 heavy (non-hydrogen) atoms. The highest BCUT2D eigenvalue weighted by Crippen LogP contribution is 2.25. The van der Waals surface area contributed by atoms with Crippen molar-refractivity contribution in [3.05, 3.63) is 35.4 Å². The molecule has 2 heterocycles. The standard InChI is InChI=1S/C15H9FN4O2S/c16-11-2-1-9(3-4-15(22)5-6-18-14(15)21)7-10(11)13-19-12(8-17)20-23-13/h1-2,7,22H,5-6H2,(H,18,21)/t15-/m0/s1. The highest BCUT2D eigenvalue weighted by atomic mass is 32.1. The molecule has 2 N–H and O–H groups in total. The van der Waals surface area contributed by atoms with Crippen molar-refractivity contribution < 1.29 is 14.3 Å². The Morgan fingerprint density at radius 1 is 1.48 bits per heavy atom. The Bertz CT molecular complexity index is 893. The van der Waals surface area contributed by atoms with Crippen LogP contribution in [0.5, 0.6) is 0 Å². The lowest BCUT2D eigenvalue weighted by Crippen LogP contribution is -2.36. The van der Waals surface area contributed by atoms with E-state index in [1.807, 2.05) is 0 Å². The maximum Gasteiger partial charge on any atom is 0.264 e. The molecule has 3 rings (SSSR count). The molecule has 1 aliphatic rings. The SMILES string of the molecule is N#Cc1nsc(-c2cc(C#C[C@]3(O)CCNC3=O)ccc2F)n1. The van der Waals surface area contributed by atoms with Gasteiger partial charge in [-0.15, -0.1) is 0 Å². The number of hydrogen-bond acceptors (Lipinski definition) is 6. The van der Waals surface area contributed by atoms with Crippen molar-refractivity contribution in [2.75, 3.05) is 6.54 Å². The van der Waals surface area contributed by atoms with Gasteiger partial charge in [0.15, 0.2) is 0 Å². The van der Waals surface area contributed by atoms with Crippen molar-refractivity contribution in [2.45, 2.75) is 12.0 Å². The fraction of sp³-hybridized carbons (Fsp3) is 0.200. The molecule has 1 saturated heterocycles. The number of benzene rings is 1. The molecule has 1 fully saturated rings. The highest BCUT2D eigenvalue weighted by molar-refractivity contribution is 7.09. The third kappa shape index (κ3) is 2.90. The van der Waals surface area contributed by atoms with Crippen molar-refractivity contribution >= 4 is 17.4 Å². The first-order valence-corrected chi connectivity index (χ1v) is 7.37. The second-order valence-corrected chi connectivity index (χ2v) is 5.60. The molecule has 1 amide bonds. The van der Waals surface area contributed by atoms with E-state index in [1.165, 1.54) is 18.2 Å². The lowest BCUT2D eigenvalue weighted by atomic mass is 10.0. The predicted octanol–water partition coefficient (Wildman–Crippen LogP) is 0.818. The van der Waals surface area contributed by atoms with Crippen molar-refractivity contribution in [1.29, 1.82) is 5.26 Å². The normalized spacial score (nSPS) is 19.6. The van der Waals surface area contributed by atoms with Gasteiger partial charge in [-0.05, 0) is 29.7 Å². The molecule has 8 heteroatoms. The van der Waals surface area contributed by atoms with E-state index < -0.39 is 17.3 Å². The first kappa shape index (κ1) is 15.1. The monoisotopic (exact) mass is 328 g/mol.